The van der Waals surface area contributed by atoms with Crippen LogP contribution in [0.3, 0.4) is 0 Å². The average Bonchev–Trinajstić information content (AvgIpc) is 2.49. The van der Waals surface area contributed by atoms with Crippen molar-refractivity contribution in [2.45, 2.75) is 26.3 Å². The van der Waals surface area contributed by atoms with E-state index in [0.717, 1.165) is 38.0 Å². The Morgan fingerprint density at radius 1 is 1.09 bits per heavy atom. The third-order valence-corrected chi connectivity index (χ3v) is 4.69. The highest BCUT2D eigenvalue weighted by molar-refractivity contribution is 7.98. The van der Waals surface area contributed by atoms with Gasteiger partial charge in [-0.2, -0.15) is 11.8 Å². The topological polar surface area (TPSA) is 15.7 Å². The molecule has 1 aromatic rings. The smallest absolute Gasteiger partial charge is 0.168 e. The number of thioether (sulfide) groups is 1. The number of piperazine rings is 1. The van der Waals surface area contributed by atoms with Crippen LogP contribution in [0.1, 0.15) is 20.8 Å². The van der Waals surface area contributed by atoms with Crippen LogP contribution in [0.15, 0.2) is 12.1 Å². The molecule has 0 N–H and O–H groups in total. The van der Waals surface area contributed by atoms with Crippen molar-refractivity contribution in [1.29, 1.82) is 0 Å². The van der Waals surface area contributed by atoms with E-state index in [1.807, 2.05) is 11.2 Å². The Hall–Kier alpha value is -1.01. The highest BCUT2D eigenvalue weighted by Crippen LogP contribution is 2.29. The van der Waals surface area contributed by atoms with Gasteiger partial charge in [0.1, 0.15) is 5.82 Å². The van der Waals surface area contributed by atoms with Gasteiger partial charge in [-0.1, -0.05) is 0 Å². The quantitative estimate of drug-likeness (QED) is 0.758. The van der Waals surface area contributed by atoms with Gasteiger partial charge in [-0.3, -0.25) is 4.90 Å². The zero-order valence-corrected chi connectivity index (χ0v) is 15.2. The minimum Gasteiger partial charge on any atom is -0.490 e. The summed E-state index contributed by atoms with van der Waals surface area (Å²) in [5.41, 5.74) is 0.540. The zero-order chi connectivity index (χ0) is 17.0. The molecule has 0 bridgehead atoms. The summed E-state index contributed by atoms with van der Waals surface area (Å²) < 4.78 is 33.5. The molecule has 2 rings (SSSR count). The summed E-state index contributed by atoms with van der Waals surface area (Å²) in [6.45, 7) is 10.1. The Bertz CT molecular complexity index is 526. The highest BCUT2D eigenvalue weighted by Gasteiger charge is 2.27. The maximum atomic E-state index is 14.2. The molecule has 1 fully saturated rings. The van der Waals surface area contributed by atoms with Gasteiger partial charge in [-0.25, -0.2) is 8.78 Å². The number of hydrogen-bond donors (Lipinski definition) is 0. The van der Waals surface area contributed by atoms with Crippen molar-refractivity contribution in [3.05, 3.63) is 23.8 Å². The summed E-state index contributed by atoms with van der Waals surface area (Å²) in [6, 6.07) is 2.43. The molecule has 0 atom stereocenters. The van der Waals surface area contributed by atoms with Crippen LogP contribution >= 0.6 is 11.8 Å². The molecule has 1 saturated heterocycles. The number of rotatable bonds is 5. The Kier molecular flexibility index (Phi) is 6.14. The first-order valence-corrected chi connectivity index (χ1v) is 9.33. The Morgan fingerprint density at radius 3 is 2.30 bits per heavy atom. The highest BCUT2D eigenvalue weighted by atomic mass is 32.2. The van der Waals surface area contributed by atoms with Gasteiger partial charge in [0.25, 0.3) is 0 Å². The van der Waals surface area contributed by atoms with Crippen molar-refractivity contribution >= 4 is 17.4 Å². The van der Waals surface area contributed by atoms with Crippen LogP contribution in [0, 0.1) is 11.6 Å². The van der Waals surface area contributed by atoms with E-state index >= 15 is 0 Å². The first-order chi connectivity index (χ1) is 10.8. The van der Waals surface area contributed by atoms with Gasteiger partial charge in [0.05, 0.1) is 12.3 Å². The van der Waals surface area contributed by atoms with E-state index in [9.17, 15) is 8.78 Å². The molecule has 0 saturated carbocycles. The molecule has 1 heterocycles. The zero-order valence-electron chi connectivity index (χ0n) is 14.4. The lowest BCUT2D eigenvalue weighted by molar-refractivity contribution is 0.128. The molecule has 1 aromatic carbocycles. The van der Waals surface area contributed by atoms with Crippen LogP contribution < -0.4 is 9.64 Å². The lowest BCUT2D eigenvalue weighted by atomic mass is 10.0. The molecule has 3 nitrogen and oxygen atoms in total. The minimum absolute atomic E-state index is 0.111. The van der Waals surface area contributed by atoms with Gasteiger partial charge in [-0.15, -0.1) is 0 Å². The van der Waals surface area contributed by atoms with E-state index in [1.165, 1.54) is 6.07 Å². The van der Waals surface area contributed by atoms with Gasteiger partial charge in [0.15, 0.2) is 11.6 Å². The van der Waals surface area contributed by atoms with Gasteiger partial charge in [0, 0.05) is 49.6 Å². The molecule has 0 radical (unpaired) electrons. The van der Waals surface area contributed by atoms with Gasteiger partial charge >= 0.3 is 0 Å². The molecule has 0 spiro atoms. The number of benzene rings is 1. The van der Waals surface area contributed by atoms with E-state index in [1.54, 1.807) is 11.8 Å². The summed E-state index contributed by atoms with van der Waals surface area (Å²) in [5, 5.41) is 0. The predicted molar refractivity (Wildman–Crippen MR) is 93.8 cm³/mol. The maximum absolute atomic E-state index is 14.2. The molecule has 0 unspecified atom stereocenters. The number of nitrogens with zero attached hydrogens (tertiary/aromatic N) is 2. The maximum Gasteiger partial charge on any atom is 0.168 e. The SMILES string of the molecule is CSCCOc1cc(N2CCN(C(C)(C)C)CC2)c(F)cc1F. The predicted octanol–water partition coefficient (Wildman–Crippen LogP) is 3.63. The van der Waals surface area contributed by atoms with Crippen molar-refractivity contribution < 1.29 is 13.5 Å². The van der Waals surface area contributed by atoms with Crippen LogP contribution in [0.2, 0.25) is 0 Å². The first-order valence-electron chi connectivity index (χ1n) is 7.93. The largest absolute Gasteiger partial charge is 0.490 e. The van der Waals surface area contributed by atoms with Crippen molar-refractivity contribution in [2.75, 3.05) is 49.7 Å². The summed E-state index contributed by atoms with van der Waals surface area (Å²) in [7, 11) is 0. The molecular formula is C17H26F2N2OS. The van der Waals surface area contributed by atoms with E-state index in [0.29, 0.717) is 12.3 Å². The first kappa shape index (κ1) is 18.3. The molecule has 0 aromatic heterocycles. The van der Waals surface area contributed by atoms with Crippen LogP contribution in [0.5, 0.6) is 5.75 Å². The van der Waals surface area contributed by atoms with Crippen molar-refractivity contribution in [1.82, 2.24) is 4.90 Å². The molecule has 130 valence electrons. The molecule has 23 heavy (non-hydrogen) atoms. The van der Waals surface area contributed by atoms with E-state index in [2.05, 4.69) is 25.7 Å². The Labute approximate surface area is 142 Å². The second-order valence-corrected chi connectivity index (χ2v) is 7.71. The van der Waals surface area contributed by atoms with Gasteiger partial charge in [-0.05, 0) is 27.0 Å². The number of hydrogen-bond acceptors (Lipinski definition) is 4. The van der Waals surface area contributed by atoms with Crippen LogP contribution in [0.25, 0.3) is 0 Å². The lowest BCUT2D eigenvalue weighted by Gasteiger charge is -2.43. The second kappa shape index (κ2) is 7.71. The fourth-order valence-electron chi connectivity index (χ4n) is 2.72. The summed E-state index contributed by atoms with van der Waals surface area (Å²) in [5.74, 6) is -0.255. The van der Waals surface area contributed by atoms with E-state index in [4.69, 9.17) is 4.74 Å². The standard InChI is InChI=1S/C17H26F2N2OS/c1-17(2,3)21-7-5-20(6-8-21)15-12-16(22-9-10-23-4)14(19)11-13(15)18/h11-12H,5-10H2,1-4H3. The lowest BCUT2D eigenvalue weighted by Crippen LogP contribution is -2.53. The van der Waals surface area contributed by atoms with Gasteiger partial charge in [0.2, 0.25) is 0 Å². The molecule has 6 heteroatoms. The summed E-state index contributed by atoms with van der Waals surface area (Å²) >= 11 is 1.63. The van der Waals surface area contributed by atoms with Crippen molar-refractivity contribution in [3.8, 4) is 5.75 Å². The molecule has 0 amide bonds. The monoisotopic (exact) mass is 344 g/mol. The third kappa shape index (κ3) is 4.73. The fraction of sp³-hybridized carbons (Fsp3) is 0.647. The Morgan fingerprint density at radius 2 is 1.74 bits per heavy atom. The number of anilines is 1. The molecule has 1 aliphatic heterocycles. The summed E-state index contributed by atoms with van der Waals surface area (Å²) in [6.07, 6.45) is 1.96. The molecule has 1 aliphatic rings. The van der Waals surface area contributed by atoms with Crippen molar-refractivity contribution in [2.24, 2.45) is 0 Å². The van der Waals surface area contributed by atoms with Gasteiger partial charge < -0.3 is 9.64 Å². The van der Waals surface area contributed by atoms with E-state index < -0.39 is 11.6 Å². The normalized spacial score (nSPS) is 16.7. The fourth-order valence-corrected chi connectivity index (χ4v) is 2.97. The minimum atomic E-state index is -0.638. The molecule has 0 aliphatic carbocycles. The van der Waals surface area contributed by atoms with Crippen LogP contribution in [0.4, 0.5) is 14.5 Å². The average molecular weight is 344 g/mol. The number of halogens is 2. The third-order valence-electron chi connectivity index (χ3n) is 4.12. The molecular weight excluding hydrogens is 318 g/mol. The Balaban J connectivity index is 2.09. The van der Waals surface area contributed by atoms with Crippen LogP contribution in [-0.4, -0.2) is 55.2 Å². The second-order valence-electron chi connectivity index (χ2n) is 6.72. The number of ether oxygens (including phenoxy) is 1. The van der Waals surface area contributed by atoms with Crippen LogP contribution in [-0.2, 0) is 0 Å². The summed E-state index contributed by atoms with van der Waals surface area (Å²) in [4.78, 5) is 4.35. The van der Waals surface area contributed by atoms with E-state index in [-0.39, 0.29) is 11.3 Å². The van der Waals surface area contributed by atoms with Crippen molar-refractivity contribution in [3.63, 3.8) is 0 Å².